The number of hydrogen-bond acceptors (Lipinski definition) is 2. The summed E-state index contributed by atoms with van der Waals surface area (Å²) in [7, 11) is 0. The predicted molar refractivity (Wildman–Crippen MR) is 75.2 cm³/mol. The highest BCUT2D eigenvalue weighted by atomic mass is 16.5. The summed E-state index contributed by atoms with van der Waals surface area (Å²) >= 11 is 0. The van der Waals surface area contributed by atoms with E-state index in [2.05, 4.69) is 26.0 Å². The molecular weight excluding hydrogens is 236 g/mol. The third kappa shape index (κ3) is 2.09. The van der Waals surface area contributed by atoms with Gasteiger partial charge in [0.2, 0.25) is 0 Å². The number of hydrogen-bond donors (Lipinski definition) is 0. The lowest BCUT2D eigenvalue weighted by molar-refractivity contribution is -0.140. The molecule has 1 aliphatic heterocycles. The number of carbonyl (C=O) groups is 1. The van der Waals surface area contributed by atoms with Gasteiger partial charge in [0.1, 0.15) is 6.10 Å². The second-order valence-corrected chi connectivity index (χ2v) is 5.85. The fourth-order valence-electron chi connectivity index (χ4n) is 3.23. The van der Waals surface area contributed by atoms with Gasteiger partial charge in [-0.05, 0) is 68.4 Å². The molecule has 0 aromatic heterocycles. The van der Waals surface area contributed by atoms with E-state index in [1.54, 1.807) is 0 Å². The highest BCUT2D eigenvalue weighted by molar-refractivity contribution is 5.90. The molecule has 2 unspecified atom stereocenters. The Labute approximate surface area is 114 Å². The number of rotatable bonds is 1. The van der Waals surface area contributed by atoms with Gasteiger partial charge in [-0.25, -0.2) is 4.79 Å². The first-order valence-electron chi connectivity index (χ1n) is 7.05. The molecule has 2 nitrogen and oxygen atoms in total. The summed E-state index contributed by atoms with van der Waals surface area (Å²) < 4.78 is 5.51. The summed E-state index contributed by atoms with van der Waals surface area (Å²) in [5.41, 5.74) is 6.26. The van der Waals surface area contributed by atoms with E-state index >= 15 is 0 Å². The van der Waals surface area contributed by atoms with Crippen molar-refractivity contribution >= 4 is 5.97 Å². The molecule has 1 aromatic carbocycles. The van der Waals surface area contributed by atoms with Gasteiger partial charge in [-0.2, -0.15) is 0 Å². The molecule has 0 spiro atoms. The predicted octanol–water partition coefficient (Wildman–Crippen LogP) is 3.60. The van der Waals surface area contributed by atoms with E-state index in [9.17, 15) is 4.79 Å². The van der Waals surface area contributed by atoms with Crippen LogP contribution < -0.4 is 0 Å². The molecule has 0 bridgehead atoms. The van der Waals surface area contributed by atoms with Gasteiger partial charge in [0.15, 0.2) is 0 Å². The van der Waals surface area contributed by atoms with Crippen molar-refractivity contribution in [2.75, 3.05) is 0 Å². The molecule has 0 fully saturated rings. The van der Waals surface area contributed by atoms with Gasteiger partial charge in [-0.15, -0.1) is 0 Å². The molecule has 0 N–H and O–H groups in total. The summed E-state index contributed by atoms with van der Waals surface area (Å²) in [6.07, 6.45) is 5.38. The molecule has 2 atom stereocenters. The Bertz CT molecular complexity index is 569. The summed E-state index contributed by atoms with van der Waals surface area (Å²) in [6.45, 7) is 6.16. The largest absolute Gasteiger partial charge is 0.454 e. The van der Waals surface area contributed by atoms with Crippen molar-refractivity contribution in [2.24, 2.45) is 0 Å². The third-order valence-electron chi connectivity index (χ3n) is 4.49. The highest BCUT2D eigenvalue weighted by Gasteiger charge is 2.33. The zero-order chi connectivity index (χ0) is 13.6. The van der Waals surface area contributed by atoms with Gasteiger partial charge in [0.05, 0.1) is 0 Å². The van der Waals surface area contributed by atoms with E-state index in [4.69, 9.17) is 4.74 Å². The Kier molecular flexibility index (Phi) is 2.96. The Morgan fingerprint density at radius 2 is 1.89 bits per heavy atom. The molecule has 1 aliphatic carbocycles. The van der Waals surface area contributed by atoms with Crippen LogP contribution in [0.5, 0.6) is 0 Å². The molecule has 100 valence electrons. The lowest BCUT2D eigenvalue weighted by Gasteiger charge is -2.29. The second-order valence-electron chi connectivity index (χ2n) is 5.85. The first-order valence-corrected chi connectivity index (χ1v) is 7.05. The number of esters is 1. The quantitative estimate of drug-likeness (QED) is 0.718. The van der Waals surface area contributed by atoms with Crippen LogP contribution in [-0.2, 0) is 16.0 Å². The normalized spacial score (nSPS) is 25.8. The van der Waals surface area contributed by atoms with Crippen molar-refractivity contribution < 1.29 is 9.53 Å². The van der Waals surface area contributed by atoms with Crippen molar-refractivity contribution in [3.05, 3.63) is 46.0 Å². The van der Waals surface area contributed by atoms with E-state index in [1.807, 2.05) is 13.0 Å². The minimum absolute atomic E-state index is 0.0614. The summed E-state index contributed by atoms with van der Waals surface area (Å²) in [4.78, 5) is 11.6. The molecule has 3 rings (SSSR count). The smallest absolute Gasteiger partial charge is 0.334 e. The van der Waals surface area contributed by atoms with Crippen LogP contribution in [0.25, 0.3) is 0 Å². The first-order chi connectivity index (χ1) is 9.06. The van der Waals surface area contributed by atoms with Gasteiger partial charge >= 0.3 is 5.97 Å². The number of aryl methyl sites for hydroxylation is 3. The van der Waals surface area contributed by atoms with E-state index in [0.717, 1.165) is 18.4 Å². The number of carbonyl (C=O) groups excluding carboxylic acids is 1. The molecule has 1 aromatic rings. The van der Waals surface area contributed by atoms with Crippen LogP contribution in [-0.4, -0.2) is 12.1 Å². The summed E-state index contributed by atoms with van der Waals surface area (Å²) in [5.74, 6) is 0.186. The number of fused-ring (bicyclic) bond motifs is 1. The van der Waals surface area contributed by atoms with Crippen LogP contribution in [0.2, 0.25) is 0 Å². The maximum absolute atomic E-state index is 11.6. The fraction of sp³-hybridized carbons (Fsp3) is 0.471. The van der Waals surface area contributed by atoms with Gasteiger partial charge < -0.3 is 4.74 Å². The Morgan fingerprint density at radius 1 is 1.16 bits per heavy atom. The van der Waals surface area contributed by atoms with Crippen LogP contribution in [0.4, 0.5) is 0 Å². The third-order valence-corrected chi connectivity index (χ3v) is 4.49. The van der Waals surface area contributed by atoms with Gasteiger partial charge in [0, 0.05) is 11.5 Å². The van der Waals surface area contributed by atoms with Crippen molar-refractivity contribution in [1.29, 1.82) is 0 Å². The van der Waals surface area contributed by atoms with Crippen LogP contribution in [0.1, 0.15) is 47.9 Å². The van der Waals surface area contributed by atoms with Gasteiger partial charge in [-0.3, -0.25) is 0 Å². The van der Waals surface area contributed by atoms with Crippen LogP contribution >= 0.6 is 0 Å². The molecule has 0 amide bonds. The van der Waals surface area contributed by atoms with Gasteiger partial charge in [0.25, 0.3) is 0 Å². The van der Waals surface area contributed by atoms with E-state index in [0.29, 0.717) is 5.92 Å². The van der Waals surface area contributed by atoms with Crippen molar-refractivity contribution in [2.45, 2.75) is 52.1 Å². The average molecular weight is 256 g/mol. The monoisotopic (exact) mass is 256 g/mol. The molecule has 2 heteroatoms. The van der Waals surface area contributed by atoms with Crippen LogP contribution in [0, 0.1) is 13.8 Å². The molecule has 0 saturated heterocycles. The van der Waals surface area contributed by atoms with E-state index in [-0.39, 0.29) is 12.1 Å². The molecule has 2 aliphatic rings. The maximum Gasteiger partial charge on any atom is 0.334 e. The molecule has 1 heterocycles. The van der Waals surface area contributed by atoms with Crippen molar-refractivity contribution in [3.63, 3.8) is 0 Å². The Balaban J connectivity index is 1.99. The summed E-state index contributed by atoms with van der Waals surface area (Å²) in [5, 5.41) is 0. The zero-order valence-corrected chi connectivity index (χ0v) is 11.8. The number of cyclic esters (lactones) is 1. The number of benzene rings is 1. The summed E-state index contributed by atoms with van der Waals surface area (Å²) in [6, 6.07) is 4.61. The maximum atomic E-state index is 11.6. The molecule has 0 saturated carbocycles. The molecular formula is C17H20O2. The minimum atomic E-state index is -0.152. The molecule has 0 radical (unpaired) electrons. The van der Waals surface area contributed by atoms with E-state index < -0.39 is 0 Å². The Hall–Kier alpha value is -1.57. The van der Waals surface area contributed by atoms with Crippen molar-refractivity contribution in [1.82, 2.24) is 0 Å². The van der Waals surface area contributed by atoms with E-state index in [1.165, 1.54) is 28.7 Å². The SMILES string of the molecule is CC1=CC(C2CCCc3cc(C)c(C)cc32)OC1=O. The van der Waals surface area contributed by atoms with Crippen LogP contribution in [0.15, 0.2) is 23.8 Å². The van der Waals surface area contributed by atoms with Crippen LogP contribution in [0.3, 0.4) is 0 Å². The molecule has 19 heavy (non-hydrogen) atoms. The second kappa shape index (κ2) is 4.52. The fourth-order valence-corrected chi connectivity index (χ4v) is 3.23. The van der Waals surface area contributed by atoms with Crippen molar-refractivity contribution in [3.8, 4) is 0 Å². The zero-order valence-electron chi connectivity index (χ0n) is 11.8. The standard InChI is InChI=1S/C17H20O2/c1-10-7-13-5-4-6-14(15(13)8-11(10)2)16-9-12(3)17(18)19-16/h7-9,14,16H,4-6H2,1-3H3. The lowest BCUT2D eigenvalue weighted by atomic mass is 9.78. The lowest BCUT2D eigenvalue weighted by Crippen LogP contribution is -2.23. The highest BCUT2D eigenvalue weighted by Crippen LogP contribution is 2.39. The minimum Gasteiger partial charge on any atom is -0.454 e. The topological polar surface area (TPSA) is 26.3 Å². The average Bonchev–Trinajstić information content (AvgIpc) is 2.70. The Morgan fingerprint density at radius 3 is 2.58 bits per heavy atom. The first kappa shape index (κ1) is 12.5. The van der Waals surface area contributed by atoms with Gasteiger partial charge in [-0.1, -0.05) is 12.1 Å². The number of ether oxygens (including phenoxy) is 1.